The molecule has 0 radical (unpaired) electrons. The van der Waals surface area contributed by atoms with E-state index < -0.39 is 0 Å². The van der Waals surface area contributed by atoms with Gasteiger partial charge in [0.05, 0.1) is 27.7 Å². The van der Waals surface area contributed by atoms with Gasteiger partial charge in [-0.05, 0) is 53.6 Å². The number of hydrogen-bond acceptors (Lipinski definition) is 3. The Labute approximate surface area is 230 Å². The molecule has 8 rings (SSSR count). The van der Waals surface area contributed by atoms with E-state index in [-0.39, 0.29) is 0 Å². The normalized spacial score (nSPS) is 11.5. The predicted octanol–water partition coefficient (Wildman–Crippen LogP) is 9.28. The standard InChI is InChI=1S/C36H21N3O/c37-20-23-18-26(22-38-21-23)24-8-7-9-25(19-24)27-10-1-4-13-31(27)39-32-14-5-2-11-28(32)29-16-17-34-35(36(29)39)30-12-3-6-15-33(30)40-34/h1-19,21-22H. The summed E-state index contributed by atoms with van der Waals surface area (Å²) in [6.45, 7) is 0. The van der Waals surface area contributed by atoms with Gasteiger partial charge in [0, 0.05) is 39.7 Å². The van der Waals surface area contributed by atoms with E-state index in [2.05, 4.69) is 113 Å². The highest BCUT2D eigenvalue weighted by Crippen LogP contribution is 2.42. The summed E-state index contributed by atoms with van der Waals surface area (Å²) in [5.41, 5.74) is 9.81. The number of nitrogens with zero attached hydrogens (tertiary/aromatic N) is 3. The van der Waals surface area contributed by atoms with E-state index >= 15 is 0 Å². The van der Waals surface area contributed by atoms with Gasteiger partial charge in [-0.15, -0.1) is 0 Å². The van der Waals surface area contributed by atoms with Crippen molar-refractivity contribution in [1.82, 2.24) is 9.55 Å². The van der Waals surface area contributed by atoms with Gasteiger partial charge in [0.25, 0.3) is 0 Å². The average molecular weight is 512 g/mol. The molecule has 0 saturated heterocycles. The quantitative estimate of drug-likeness (QED) is 0.237. The molecule has 3 aromatic heterocycles. The van der Waals surface area contributed by atoms with Crippen LogP contribution in [-0.4, -0.2) is 9.55 Å². The van der Waals surface area contributed by atoms with Gasteiger partial charge in [-0.2, -0.15) is 5.26 Å². The van der Waals surface area contributed by atoms with Crippen LogP contribution in [-0.2, 0) is 0 Å². The highest BCUT2D eigenvalue weighted by atomic mass is 16.3. The third kappa shape index (κ3) is 3.28. The molecule has 0 N–H and O–H groups in total. The molecular weight excluding hydrogens is 490 g/mol. The number of nitriles is 1. The number of furan rings is 1. The van der Waals surface area contributed by atoms with Crippen LogP contribution >= 0.6 is 0 Å². The monoisotopic (exact) mass is 511 g/mol. The van der Waals surface area contributed by atoms with E-state index in [4.69, 9.17) is 4.42 Å². The van der Waals surface area contributed by atoms with E-state index in [1.165, 1.54) is 10.8 Å². The van der Waals surface area contributed by atoms with Crippen molar-refractivity contribution >= 4 is 43.7 Å². The molecular formula is C36H21N3O. The molecule has 0 aliphatic carbocycles. The zero-order valence-corrected chi connectivity index (χ0v) is 21.4. The first-order chi connectivity index (χ1) is 19.8. The molecule has 0 unspecified atom stereocenters. The average Bonchev–Trinajstić information content (AvgIpc) is 3.57. The Bertz CT molecular complexity index is 2300. The molecule has 186 valence electrons. The maximum absolute atomic E-state index is 9.38. The lowest BCUT2D eigenvalue weighted by molar-refractivity contribution is 0.669. The van der Waals surface area contributed by atoms with Crippen LogP contribution in [0.25, 0.3) is 71.7 Å². The minimum Gasteiger partial charge on any atom is -0.456 e. The number of aromatic nitrogens is 2. The highest BCUT2D eigenvalue weighted by Gasteiger charge is 2.20. The van der Waals surface area contributed by atoms with Crippen LogP contribution < -0.4 is 0 Å². The maximum Gasteiger partial charge on any atom is 0.137 e. The summed E-state index contributed by atoms with van der Waals surface area (Å²) in [5.74, 6) is 0. The summed E-state index contributed by atoms with van der Waals surface area (Å²) in [6, 6.07) is 42.2. The largest absolute Gasteiger partial charge is 0.456 e. The maximum atomic E-state index is 9.38. The first-order valence-electron chi connectivity index (χ1n) is 13.2. The molecule has 40 heavy (non-hydrogen) atoms. The van der Waals surface area contributed by atoms with E-state index in [9.17, 15) is 5.26 Å². The third-order valence-corrected chi connectivity index (χ3v) is 7.69. The lowest BCUT2D eigenvalue weighted by Crippen LogP contribution is -1.97. The van der Waals surface area contributed by atoms with Crippen molar-refractivity contribution in [2.45, 2.75) is 0 Å². The predicted molar refractivity (Wildman–Crippen MR) is 161 cm³/mol. The topological polar surface area (TPSA) is 54.8 Å². The molecule has 0 amide bonds. The van der Waals surface area contributed by atoms with Gasteiger partial charge in [-0.25, -0.2) is 0 Å². The van der Waals surface area contributed by atoms with Crippen LogP contribution in [0.1, 0.15) is 5.56 Å². The van der Waals surface area contributed by atoms with Gasteiger partial charge in [0.1, 0.15) is 17.2 Å². The summed E-state index contributed by atoms with van der Waals surface area (Å²) in [5, 5.41) is 14.0. The van der Waals surface area contributed by atoms with Crippen molar-refractivity contribution in [2.24, 2.45) is 0 Å². The van der Waals surface area contributed by atoms with E-state index in [1.807, 2.05) is 18.2 Å². The van der Waals surface area contributed by atoms with Crippen molar-refractivity contribution < 1.29 is 4.42 Å². The Kier molecular flexibility index (Phi) is 4.85. The van der Waals surface area contributed by atoms with Crippen molar-refractivity contribution in [3.8, 4) is 34.0 Å². The summed E-state index contributed by atoms with van der Waals surface area (Å²) in [4.78, 5) is 4.27. The second-order valence-corrected chi connectivity index (χ2v) is 9.96. The molecule has 0 aliphatic heterocycles. The molecule has 5 aromatic carbocycles. The smallest absolute Gasteiger partial charge is 0.137 e. The fraction of sp³-hybridized carbons (Fsp3) is 0. The van der Waals surface area contributed by atoms with Crippen molar-refractivity contribution in [3.63, 3.8) is 0 Å². The van der Waals surface area contributed by atoms with E-state index in [1.54, 1.807) is 12.4 Å². The molecule has 8 aromatic rings. The zero-order chi connectivity index (χ0) is 26.6. The van der Waals surface area contributed by atoms with Crippen LogP contribution in [0.4, 0.5) is 0 Å². The van der Waals surface area contributed by atoms with Crippen molar-refractivity contribution in [1.29, 1.82) is 5.26 Å². The fourth-order valence-corrected chi connectivity index (χ4v) is 5.95. The summed E-state index contributed by atoms with van der Waals surface area (Å²) < 4.78 is 8.69. The minimum absolute atomic E-state index is 0.546. The molecule has 0 spiro atoms. The van der Waals surface area contributed by atoms with E-state index in [0.717, 1.165) is 60.9 Å². The first kappa shape index (κ1) is 22.3. The summed E-state index contributed by atoms with van der Waals surface area (Å²) in [7, 11) is 0. The minimum atomic E-state index is 0.546. The second kappa shape index (κ2) is 8.69. The highest BCUT2D eigenvalue weighted by molar-refractivity contribution is 6.24. The van der Waals surface area contributed by atoms with Crippen molar-refractivity contribution in [2.75, 3.05) is 0 Å². The SMILES string of the molecule is N#Cc1cncc(-c2cccc(-c3ccccc3-n3c4ccccc4c4ccc5oc6ccccc6c5c43)c2)c1. The van der Waals surface area contributed by atoms with Crippen LogP contribution in [0.3, 0.4) is 0 Å². The number of para-hydroxylation sites is 3. The Morgan fingerprint density at radius 3 is 2.35 bits per heavy atom. The second-order valence-electron chi connectivity index (χ2n) is 9.96. The van der Waals surface area contributed by atoms with Crippen molar-refractivity contribution in [3.05, 3.63) is 133 Å². The molecule has 0 aliphatic rings. The Morgan fingerprint density at radius 1 is 0.625 bits per heavy atom. The molecule has 0 bridgehead atoms. The first-order valence-corrected chi connectivity index (χ1v) is 13.2. The van der Waals surface area contributed by atoms with Crippen LogP contribution in [0.2, 0.25) is 0 Å². The van der Waals surface area contributed by atoms with E-state index in [0.29, 0.717) is 5.56 Å². The van der Waals surface area contributed by atoms with Gasteiger partial charge >= 0.3 is 0 Å². The summed E-state index contributed by atoms with van der Waals surface area (Å²) in [6.07, 6.45) is 3.39. The Morgan fingerprint density at radius 2 is 1.43 bits per heavy atom. The van der Waals surface area contributed by atoms with Crippen LogP contribution in [0.5, 0.6) is 0 Å². The number of fused-ring (bicyclic) bond motifs is 7. The van der Waals surface area contributed by atoms with Gasteiger partial charge in [-0.1, -0.05) is 72.8 Å². The molecule has 4 nitrogen and oxygen atoms in total. The number of hydrogen-bond donors (Lipinski definition) is 0. The number of rotatable bonds is 3. The molecule has 0 fully saturated rings. The lowest BCUT2D eigenvalue weighted by atomic mass is 9.98. The molecule has 0 atom stereocenters. The lowest BCUT2D eigenvalue weighted by Gasteiger charge is -2.15. The van der Waals surface area contributed by atoms with Crippen LogP contribution in [0, 0.1) is 11.3 Å². The van der Waals surface area contributed by atoms with Crippen LogP contribution in [0.15, 0.2) is 132 Å². The third-order valence-electron chi connectivity index (χ3n) is 7.69. The number of benzene rings is 5. The summed E-state index contributed by atoms with van der Waals surface area (Å²) >= 11 is 0. The Hall–Kier alpha value is -5.66. The van der Waals surface area contributed by atoms with Gasteiger partial charge in [0.2, 0.25) is 0 Å². The Balaban J connectivity index is 1.45. The number of pyridine rings is 1. The molecule has 0 saturated carbocycles. The zero-order valence-electron chi connectivity index (χ0n) is 21.4. The van der Waals surface area contributed by atoms with Gasteiger partial charge in [0.15, 0.2) is 0 Å². The fourth-order valence-electron chi connectivity index (χ4n) is 5.95. The van der Waals surface area contributed by atoms with Gasteiger partial charge in [-0.3, -0.25) is 4.98 Å². The molecule has 3 heterocycles. The molecule has 4 heteroatoms. The van der Waals surface area contributed by atoms with Gasteiger partial charge < -0.3 is 8.98 Å².